The van der Waals surface area contributed by atoms with Gasteiger partial charge < -0.3 is 24.7 Å². The quantitative estimate of drug-likeness (QED) is 0.286. The van der Waals surface area contributed by atoms with E-state index in [2.05, 4.69) is 15.3 Å². The van der Waals surface area contributed by atoms with E-state index in [9.17, 15) is 37.4 Å². The molecule has 4 rings (SSSR count). The van der Waals surface area contributed by atoms with E-state index in [0.29, 0.717) is 5.69 Å². The normalized spacial score (nSPS) is 11.6. The highest BCUT2D eigenvalue weighted by Gasteiger charge is 2.33. The number of nitrogens with one attached hydrogen (secondary N) is 1. The van der Waals surface area contributed by atoms with Gasteiger partial charge >= 0.3 is 12.1 Å². The molecule has 3 heterocycles. The van der Waals surface area contributed by atoms with Crippen LogP contribution in [-0.2, 0) is 12.7 Å². The zero-order valence-corrected chi connectivity index (χ0v) is 20.2. The predicted molar refractivity (Wildman–Crippen MR) is 130 cm³/mol. The highest BCUT2D eigenvalue weighted by molar-refractivity contribution is 6.31. The minimum Gasteiger partial charge on any atom is -0.477 e. The molecule has 4 aromatic rings. The van der Waals surface area contributed by atoms with Crippen molar-refractivity contribution in [2.75, 3.05) is 11.9 Å². The van der Waals surface area contributed by atoms with Gasteiger partial charge in [-0.25, -0.2) is 14.2 Å². The maximum Gasteiger partial charge on any atom is 0.417 e. The Kier molecular flexibility index (Phi) is 7.24. The topological polar surface area (TPSA) is 122 Å². The number of benzene rings is 1. The smallest absolute Gasteiger partial charge is 0.417 e. The maximum absolute atomic E-state index is 13.5. The van der Waals surface area contributed by atoms with Crippen molar-refractivity contribution < 1.29 is 32.6 Å². The fraction of sp³-hybridized carbons (Fsp3) is 0.167. The van der Waals surface area contributed by atoms with Crippen molar-refractivity contribution in [1.82, 2.24) is 19.1 Å². The fourth-order valence-electron chi connectivity index (χ4n) is 3.69. The van der Waals surface area contributed by atoms with Crippen LogP contribution in [0.25, 0.3) is 16.9 Å². The molecule has 198 valence electrons. The molecule has 0 aliphatic heterocycles. The summed E-state index contributed by atoms with van der Waals surface area (Å²) in [6, 6.07) is 5.68. The van der Waals surface area contributed by atoms with Gasteiger partial charge in [-0.15, -0.1) is 0 Å². The van der Waals surface area contributed by atoms with Crippen molar-refractivity contribution in [1.29, 1.82) is 0 Å². The number of nitrogens with zero attached hydrogens (tertiary/aromatic N) is 4. The molecule has 0 saturated heterocycles. The standard InChI is InChI=1S/C24H18ClF4N5O4/c1-12-6-14(24(27,28)29)11-34(12)20-17(13-7-16(22(37)38)21(36)33(10-13)4-5-35)9-30-23(32-20)31-15-2-3-19(26)18(25)8-15/h2-3,6-11,35H,4-5H2,1H3,(H,37,38)(H,30,31,32). The summed E-state index contributed by atoms with van der Waals surface area (Å²) in [6.45, 7) is 0.721. The first-order valence-corrected chi connectivity index (χ1v) is 11.2. The molecule has 0 bridgehead atoms. The van der Waals surface area contributed by atoms with Crippen LogP contribution in [0.1, 0.15) is 21.6 Å². The number of rotatable bonds is 7. The number of anilines is 2. The van der Waals surface area contributed by atoms with E-state index < -0.39 is 41.3 Å². The molecule has 14 heteroatoms. The maximum atomic E-state index is 13.5. The van der Waals surface area contributed by atoms with Gasteiger partial charge in [-0.05, 0) is 37.3 Å². The average molecular weight is 552 g/mol. The van der Waals surface area contributed by atoms with Crippen LogP contribution in [0.2, 0.25) is 5.02 Å². The summed E-state index contributed by atoms with van der Waals surface area (Å²) in [5.41, 5.74) is -1.81. The van der Waals surface area contributed by atoms with Crippen LogP contribution in [0.15, 0.2) is 53.7 Å². The Morgan fingerprint density at radius 3 is 2.53 bits per heavy atom. The van der Waals surface area contributed by atoms with Crippen molar-refractivity contribution in [3.05, 3.63) is 86.9 Å². The monoisotopic (exact) mass is 551 g/mol. The van der Waals surface area contributed by atoms with E-state index >= 15 is 0 Å². The van der Waals surface area contributed by atoms with Gasteiger partial charge in [-0.2, -0.15) is 18.2 Å². The third kappa shape index (κ3) is 5.38. The van der Waals surface area contributed by atoms with E-state index in [-0.39, 0.29) is 40.2 Å². The Morgan fingerprint density at radius 1 is 1.18 bits per heavy atom. The summed E-state index contributed by atoms with van der Waals surface area (Å²) < 4.78 is 56.0. The van der Waals surface area contributed by atoms with Gasteiger partial charge in [-0.3, -0.25) is 4.79 Å². The van der Waals surface area contributed by atoms with Gasteiger partial charge in [-0.1, -0.05) is 11.6 Å². The molecule has 0 spiro atoms. The molecule has 3 aromatic heterocycles. The summed E-state index contributed by atoms with van der Waals surface area (Å²) in [5.74, 6) is -2.36. The Morgan fingerprint density at radius 2 is 1.92 bits per heavy atom. The number of pyridine rings is 1. The molecule has 1 aromatic carbocycles. The number of alkyl halides is 3. The molecule has 0 saturated carbocycles. The van der Waals surface area contributed by atoms with E-state index in [0.717, 1.165) is 33.5 Å². The van der Waals surface area contributed by atoms with Gasteiger partial charge in [0.05, 0.1) is 17.2 Å². The molecule has 0 aliphatic carbocycles. The summed E-state index contributed by atoms with van der Waals surface area (Å²) >= 11 is 5.81. The molecular formula is C24H18ClF4N5O4. The van der Waals surface area contributed by atoms with Gasteiger partial charge in [0.25, 0.3) is 5.56 Å². The minimum atomic E-state index is -4.65. The number of aliphatic hydroxyl groups excluding tert-OH is 1. The van der Waals surface area contributed by atoms with Crippen molar-refractivity contribution >= 4 is 29.2 Å². The number of hydrogen-bond donors (Lipinski definition) is 3. The van der Waals surface area contributed by atoms with Gasteiger partial charge in [0, 0.05) is 47.6 Å². The number of carboxylic acid groups (broad SMARTS) is 1. The largest absolute Gasteiger partial charge is 0.477 e. The zero-order valence-electron chi connectivity index (χ0n) is 19.4. The molecule has 0 fully saturated rings. The fourth-order valence-corrected chi connectivity index (χ4v) is 3.87. The summed E-state index contributed by atoms with van der Waals surface area (Å²) in [5, 5.41) is 21.4. The Labute approximate surface area is 216 Å². The number of carboxylic acids is 1. The van der Waals surface area contributed by atoms with Gasteiger partial charge in [0.15, 0.2) is 0 Å². The second-order valence-electron chi connectivity index (χ2n) is 8.09. The molecule has 38 heavy (non-hydrogen) atoms. The minimum absolute atomic E-state index is 0.0748. The number of aliphatic hydroxyl groups is 1. The number of halogens is 5. The highest BCUT2D eigenvalue weighted by Crippen LogP contribution is 2.34. The summed E-state index contributed by atoms with van der Waals surface area (Å²) in [6.07, 6.45) is -1.34. The molecule has 0 unspecified atom stereocenters. The molecule has 9 nitrogen and oxygen atoms in total. The number of carbonyl (C=O) groups is 1. The van der Waals surface area contributed by atoms with Crippen molar-refractivity contribution in [3.63, 3.8) is 0 Å². The SMILES string of the molecule is Cc1cc(C(F)(F)F)cn1-c1nc(Nc2ccc(F)c(Cl)c2)ncc1-c1cc(C(=O)O)c(=O)n(CCO)c1. The van der Waals surface area contributed by atoms with Gasteiger partial charge in [0.2, 0.25) is 5.95 Å². The Hall–Kier alpha value is -4.23. The lowest BCUT2D eigenvalue weighted by atomic mass is 10.1. The van der Waals surface area contributed by atoms with Crippen LogP contribution in [0.4, 0.5) is 29.2 Å². The molecule has 0 amide bonds. The van der Waals surface area contributed by atoms with E-state index in [1.165, 1.54) is 31.5 Å². The summed E-state index contributed by atoms with van der Waals surface area (Å²) in [4.78, 5) is 32.7. The molecule has 0 atom stereocenters. The van der Waals surface area contributed by atoms with Crippen LogP contribution in [0.3, 0.4) is 0 Å². The number of hydrogen-bond acceptors (Lipinski definition) is 6. The third-order valence-electron chi connectivity index (χ3n) is 5.48. The third-order valence-corrected chi connectivity index (χ3v) is 5.77. The van der Waals surface area contributed by atoms with Crippen molar-refractivity contribution in [2.45, 2.75) is 19.6 Å². The average Bonchev–Trinajstić information content (AvgIpc) is 3.25. The van der Waals surface area contributed by atoms with E-state index in [4.69, 9.17) is 11.6 Å². The van der Waals surface area contributed by atoms with Crippen LogP contribution in [0, 0.1) is 12.7 Å². The lowest BCUT2D eigenvalue weighted by Gasteiger charge is -2.16. The van der Waals surface area contributed by atoms with Crippen LogP contribution in [-0.4, -0.2) is 41.9 Å². The van der Waals surface area contributed by atoms with E-state index in [1.807, 2.05) is 0 Å². The van der Waals surface area contributed by atoms with E-state index in [1.54, 1.807) is 0 Å². The Balaban J connectivity index is 1.94. The first-order chi connectivity index (χ1) is 17.9. The second-order valence-corrected chi connectivity index (χ2v) is 8.50. The summed E-state index contributed by atoms with van der Waals surface area (Å²) in [7, 11) is 0. The number of aromatic nitrogens is 4. The predicted octanol–water partition coefficient (Wildman–Crippen LogP) is 4.65. The lowest BCUT2D eigenvalue weighted by molar-refractivity contribution is -0.137. The van der Waals surface area contributed by atoms with Crippen LogP contribution >= 0.6 is 11.6 Å². The molecule has 0 radical (unpaired) electrons. The van der Waals surface area contributed by atoms with Crippen LogP contribution < -0.4 is 10.9 Å². The highest BCUT2D eigenvalue weighted by atomic mass is 35.5. The zero-order chi connectivity index (χ0) is 27.8. The number of aromatic carboxylic acids is 1. The van der Waals surface area contributed by atoms with Crippen molar-refractivity contribution in [2.24, 2.45) is 0 Å². The molecule has 3 N–H and O–H groups in total. The van der Waals surface area contributed by atoms with Crippen LogP contribution in [0.5, 0.6) is 0 Å². The molecule has 0 aliphatic rings. The van der Waals surface area contributed by atoms with Crippen molar-refractivity contribution in [3.8, 4) is 16.9 Å². The Bertz CT molecular complexity index is 1600. The van der Waals surface area contributed by atoms with Gasteiger partial charge in [0.1, 0.15) is 17.2 Å². The first-order valence-electron chi connectivity index (χ1n) is 10.8. The molecular weight excluding hydrogens is 534 g/mol. The second kappa shape index (κ2) is 10.3. The first kappa shape index (κ1) is 26.8. The number of aryl methyl sites for hydroxylation is 1. The lowest BCUT2D eigenvalue weighted by Crippen LogP contribution is -2.27.